The molecule has 7 nitrogen and oxygen atoms in total. The van der Waals surface area contributed by atoms with Crippen LogP contribution in [0.25, 0.3) is 6.08 Å². The van der Waals surface area contributed by atoms with Crippen molar-refractivity contribution < 1.29 is 19.2 Å². The number of carbonyl (C=O) groups is 2. The molecule has 1 amide bonds. The highest BCUT2D eigenvalue weighted by Crippen LogP contribution is 2.16. The molecule has 0 aromatic carbocycles. The summed E-state index contributed by atoms with van der Waals surface area (Å²) >= 11 is 1.28. The summed E-state index contributed by atoms with van der Waals surface area (Å²) in [5.41, 5.74) is 0.455. The monoisotopic (exact) mass is 293 g/mol. The summed E-state index contributed by atoms with van der Waals surface area (Å²) in [6, 6.07) is 1.61. The Morgan fingerprint density at radius 1 is 1.55 bits per heavy atom. The zero-order valence-electron chi connectivity index (χ0n) is 10.5. The van der Waals surface area contributed by atoms with Gasteiger partial charge in [-0.3, -0.25) is 4.79 Å². The average Bonchev–Trinajstić information content (AvgIpc) is 3.02. The predicted octanol–water partition coefficient (Wildman–Crippen LogP) is 1.47. The fraction of sp³-hybridized carbons (Fsp3) is 0.167. The van der Waals surface area contributed by atoms with E-state index in [1.54, 1.807) is 18.4 Å². The van der Waals surface area contributed by atoms with Crippen molar-refractivity contribution in [1.29, 1.82) is 0 Å². The molecular weight excluding hydrogens is 282 g/mol. The van der Waals surface area contributed by atoms with E-state index in [0.717, 1.165) is 6.08 Å². The molecule has 20 heavy (non-hydrogen) atoms. The molecule has 2 N–H and O–H groups in total. The molecule has 2 aromatic rings. The number of rotatable bonds is 5. The Morgan fingerprint density at radius 2 is 2.35 bits per heavy atom. The Hall–Kier alpha value is -2.48. The maximum atomic E-state index is 11.8. The lowest BCUT2D eigenvalue weighted by molar-refractivity contribution is -0.131. The molecule has 0 saturated heterocycles. The van der Waals surface area contributed by atoms with Crippen LogP contribution >= 0.6 is 11.3 Å². The zero-order chi connectivity index (χ0) is 14.5. The lowest BCUT2D eigenvalue weighted by atomic mass is 10.3. The van der Waals surface area contributed by atoms with Gasteiger partial charge in [-0.15, -0.1) is 11.3 Å². The summed E-state index contributed by atoms with van der Waals surface area (Å²) in [5.74, 6) is -0.480. The van der Waals surface area contributed by atoms with Gasteiger partial charge in [-0.2, -0.15) is 4.98 Å². The number of carbonyl (C=O) groups excluding carboxylic acids is 1. The number of aryl methyl sites for hydroxylation is 1. The number of amides is 1. The fourth-order valence-electron chi connectivity index (χ4n) is 1.38. The van der Waals surface area contributed by atoms with Crippen LogP contribution in [0.1, 0.15) is 27.0 Å². The third-order valence-corrected chi connectivity index (χ3v) is 3.14. The Kier molecular flexibility index (Phi) is 4.26. The van der Waals surface area contributed by atoms with Gasteiger partial charge < -0.3 is 14.9 Å². The predicted molar refractivity (Wildman–Crippen MR) is 71.2 cm³/mol. The number of thiophene rings is 1. The van der Waals surface area contributed by atoms with Crippen molar-refractivity contribution in [3.05, 3.63) is 39.7 Å². The number of carboxylic acids is 1. The molecule has 0 saturated carbocycles. The highest BCUT2D eigenvalue weighted by atomic mass is 32.1. The van der Waals surface area contributed by atoms with E-state index < -0.39 is 5.97 Å². The van der Waals surface area contributed by atoms with Crippen molar-refractivity contribution in [2.75, 3.05) is 0 Å². The third kappa shape index (κ3) is 3.75. The van der Waals surface area contributed by atoms with E-state index in [9.17, 15) is 9.59 Å². The van der Waals surface area contributed by atoms with Crippen LogP contribution in [0.4, 0.5) is 0 Å². The summed E-state index contributed by atoms with van der Waals surface area (Å²) in [7, 11) is 0. The first-order chi connectivity index (χ1) is 9.54. The van der Waals surface area contributed by atoms with Crippen molar-refractivity contribution in [3.8, 4) is 0 Å². The van der Waals surface area contributed by atoms with Crippen molar-refractivity contribution in [2.24, 2.45) is 0 Å². The minimum atomic E-state index is -1.03. The van der Waals surface area contributed by atoms with Gasteiger partial charge in [-0.25, -0.2) is 4.79 Å². The standard InChI is InChI=1S/C12H11N3O4S/c1-7-14-10(19-15-7)5-13-12(18)8-4-9(20-6-8)2-3-11(16)17/h2-4,6H,5H2,1H3,(H,13,18)(H,16,17). The van der Waals surface area contributed by atoms with Gasteiger partial charge in [0.25, 0.3) is 5.91 Å². The maximum absolute atomic E-state index is 11.8. The molecule has 8 heteroatoms. The van der Waals surface area contributed by atoms with Crippen LogP contribution in [0.2, 0.25) is 0 Å². The molecule has 0 aliphatic carbocycles. The van der Waals surface area contributed by atoms with Gasteiger partial charge in [0, 0.05) is 16.3 Å². The van der Waals surface area contributed by atoms with E-state index in [2.05, 4.69) is 15.5 Å². The fourth-order valence-corrected chi connectivity index (χ4v) is 2.16. The van der Waals surface area contributed by atoms with E-state index in [0.29, 0.717) is 22.2 Å². The van der Waals surface area contributed by atoms with E-state index in [1.807, 2.05) is 0 Å². The van der Waals surface area contributed by atoms with Gasteiger partial charge in [0.05, 0.1) is 12.1 Å². The number of aliphatic carboxylic acids is 1. The molecule has 0 fully saturated rings. The van der Waals surface area contributed by atoms with Gasteiger partial charge in [0.1, 0.15) is 0 Å². The smallest absolute Gasteiger partial charge is 0.328 e. The van der Waals surface area contributed by atoms with Crippen LogP contribution in [0, 0.1) is 6.92 Å². The number of nitrogens with one attached hydrogen (secondary N) is 1. The Labute approximate surface area is 117 Å². The zero-order valence-corrected chi connectivity index (χ0v) is 11.3. The second kappa shape index (κ2) is 6.11. The largest absolute Gasteiger partial charge is 0.478 e. The summed E-state index contributed by atoms with van der Waals surface area (Å²) in [5, 5.41) is 16.4. The highest BCUT2D eigenvalue weighted by Gasteiger charge is 2.10. The van der Waals surface area contributed by atoms with E-state index in [1.165, 1.54) is 17.4 Å². The molecule has 104 valence electrons. The molecule has 0 aliphatic heterocycles. The molecule has 0 bridgehead atoms. The molecule has 0 spiro atoms. The topological polar surface area (TPSA) is 105 Å². The van der Waals surface area contributed by atoms with Gasteiger partial charge >= 0.3 is 5.97 Å². The summed E-state index contributed by atoms with van der Waals surface area (Å²) in [6.07, 6.45) is 2.46. The minimum Gasteiger partial charge on any atom is -0.478 e. The molecule has 2 rings (SSSR count). The maximum Gasteiger partial charge on any atom is 0.328 e. The Morgan fingerprint density at radius 3 is 3.00 bits per heavy atom. The molecule has 0 aliphatic rings. The van der Waals surface area contributed by atoms with Gasteiger partial charge in [0.15, 0.2) is 5.82 Å². The van der Waals surface area contributed by atoms with E-state index in [4.69, 9.17) is 9.63 Å². The first kappa shape index (κ1) is 13.9. The van der Waals surface area contributed by atoms with Crippen molar-refractivity contribution in [2.45, 2.75) is 13.5 Å². The van der Waals surface area contributed by atoms with Crippen LogP contribution in [-0.4, -0.2) is 27.1 Å². The van der Waals surface area contributed by atoms with Crippen LogP contribution in [0.3, 0.4) is 0 Å². The second-order valence-electron chi connectivity index (χ2n) is 3.83. The number of carboxylic acid groups (broad SMARTS) is 1. The van der Waals surface area contributed by atoms with Gasteiger partial charge in [-0.05, 0) is 19.1 Å². The summed E-state index contributed by atoms with van der Waals surface area (Å²) in [4.78, 5) is 26.9. The molecule has 2 aromatic heterocycles. The average molecular weight is 293 g/mol. The first-order valence-electron chi connectivity index (χ1n) is 5.61. The molecule has 0 radical (unpaired) electrons. The number of nitrogens with zero attached hydrogens (tertiary/aromatic N) is 2. The van der Waals surface area contributed by atoms with Crippen molar-refractivity contribution in [1.82, 2.24) is 15.5 Å². The van der Waals surface area contributed by atoms with Crippen LogP contribution in [0.15, 0.2) is 22.0 Å². The van der Waals surface area contributed by atoms with Crippen molar-refractivity contribution >= 4 is 29.3 Å². The lowest BCUT2D eigenvalue weighted by Crippen LogP contribution is -2.22. The Balaban J connectivity index is 1.94. The molecule has 0 atom stereocenters. The van der Waals surface area contributed by atoms with Crippen LogP contribution in [-0.2, 0) is 11.3 Å². The lowest BCUT2D eigenvalue weighted by Gasteiger charge is -1.98. The molecular formula is C12H11N3O4S. The summed E-state index contributed by atoms with van der Waals surface area (Å²) < 4.78 is 4.87. The van der Waals surface area contributed by atoms with Crippen molar-refractivity contribution in [3.63, 3.8) is 0 Å². The normalized spacial score (nSPS) is 10.8. The molecule has 0 unspecified atom stereocenters. The quantitative estimate of drug-likeness (QED) is 0.809. The SMILES string of the molecule is Cc1noc(CNC(=O)c2csc(C=CC(=O)O)c2)n1. The van der Waals surface area contributed by atoms with Crippen LogP contribution in [0.5, 0.6) is 0 Å². The highest BCUT2D eigenvalue weighted by molar-refractivity contribution is 7.11. The number of hydrogen-bond donors (Lipinski definition) is 2. The second-order valence-corrected chi connectivity index (χ2v) is 4.77. The number of aromatic nitrogens is 2. The first-order valence-corrected chi connectivity index (χ1v) is 6.49. The van der Waals surface area contributed by atoms with Gasteiger partial charge in [-0.1, -0.05) is 5.16 Å². The molecule has 2 heterocycles. The third-order valence-electron chi connectivity index (χ3n) is 2.24. The minimum absolute atomic E-state index is 0.149. The number of hydrogen-bond acceptors (Lipinski definition) is 6. The van der Waals surface area contributed by atoms with Crippen LogP contribution < -0.4 is 5.32 Å². The van der Waals surface area contributed by atoms with E-state index in [-0.39, 0.29) is 12.5 Å². The van der Waals surface area contributed by atoms with E-state index >= 15 is 0 Å². The van der Waals surface area contributed by atoms with Gasteiger partial charge in [0.2, 0.25) is 5.89 Å². The summed E-state index contributed by atoms with van der Waals surface area (Å²) in [6.45, 7) is 1.84. The Bertz CT molecular complexity index is 659.